The molecular formula is C27H25N3O4. The molecule has 34 heavy (non-hydrogen) atoms. The molecule has 0 fully saturated rings. The van der Waals surface area contributed by atoms with Gasteiger partial charge in [0.2, 0.25) is 0 Å². The first-order valence-electron chi connectivity index (χ1n) is 10.8. The minimum atomic E-state index is -1.10. The third kappa shape index (κ3) is 4.88. The van der Waals surface area contributed by atoms with E-state index in [-0.39, 0.29) is 11.5 Å². The fourth-order valence-electron chi connectivity index (χ4n) is 3.80. The van der Waals surface area contributed by atoms with Gasteiger partial charge in [0.05, 0.1) is 5.56 Å². The largest absolute Gasteiger partial charge is 0.507 e. The average molecular weight is 456 g/mol. The summed E-state index contributed by atoms with van der Waals surface area (Å²) in [5.74, 6) is 0.333. The van der Waals surface area contributed by atoms with Crippen molar-refractivity contribution in [3.05, 3.63) is 76.9 Å². The van der Waals surface area contributed by atoms with Gasteiger partial charge in [0.25, 0.3) is 0 Å². The topological polar surface area (TPSA) is 105 Å². The van der Waals surface area contributed by atoms with Crippen LogP contribution in [-0.2, 0) is 4.79 Å². The zero-order valence-corrected chi connectivity index (χ0v) is 19.5. The first kappa shape index (κ1) is 22.9. The highest BCUT2D eigenvalue weighted by molar-refractivity contribution is 5.73. The molecule has 0 radical (unpaired) electrons. The quantitative estimate of drug-likeness (QED) is 0.408. The normalized spacial score (nSPS) is 10.8. The lowest BCUT2D eigenvalue weighted by molar-refractivity contribution is -0.139. The number of hydrogen-bond acceptors (Lipinski definition) is 6. The summed E-state index contributed by atoms with van der Waals surface area (Å²) in [4.78, 5) is 24.9. The molecule has 0 aliphatic carbocycles. The predicted molar refractivity (Wildman–Crippen MR) is 130 cm³/mol. The Hall–Kier alpha value is -4.26. The number of carbonyl (C=O) groups is 1. The van der Waals surface area contributed by atoms with Crippen LogP contribution in [0.15, 0.2) is 54.6 Å². The van der Waals surface area contributed by atoms with Crippen LogP contribution in [-0.4, -0.2) is 37.7 Å². The monoisotopic (exact) mass is 455 g/mol. The second kappa shape index (κ2) is 9.31. The molecule has 0 unspecified atom stereocenters. The van der Waals surface area contributed by atoms with Crippen molar-refractivity contribution in [3.8, 4) is 45.7 Å². The molecule has 0 bridgehead atoms. The van der Waals surface area contributed by atoms with Gasteiger partial charge in [-0.3, -0.25) is 0 Å². The van der Waals surface area contributed by atoms with Crippen molar-refractivity contribution >= 4 is 5.97 Å². The van der Waals surface area contributed by atoms with Crippen LogP contribution in [0.4, 0.5) is 0 Å². The molecule has 7 heteroatoms. The molecule has 1 aromatic heterocycles. The molecular weight excluding hydrogens is 430 g/mol. The van der Waals surface area contributed by atoms with E-state index in [4.69, 9.17) is 14.8 Å². The van der Waals surface area contributed by atoms with Crippen LogP contribution < -0.4 is 4.74 Å². The molecule has 3 aromatic carbocycles. The zero-order chi connectivity index (χ0) is 24.4. The highest BCUT2D eigenvalue weighted by atomic mass is 16.5. The maximum absolute atomic E-state index is 10.8. The molecule has 4 aromatic rings. The summed E-state index contributed by atoms with van der Waals surface area (Å²) in [5.41, 5.74) is 6.49. The number of carboxylic acid groups (broad SMARTS) is 1. The van der Waals surface area contributed by atoms with Crippen molar-refractivity contribution in [1.82, 2.24) is 15.0 Å². The fourth-order valence-corrected chi connectivity index (χ4v) is 3.80. The van der Waals surface area contributed by atoms with E-state index in [1.54, 1.807) is 12.1 Å². The van der Waals surface area contributed by atoms with E-state index in [1.165, 1.54) is 6.07 Å². The van der Waals surface area contributed by atoms with E-state index < -0.39 is 12.6 Å². The van der Waals surface area contributed by atoms with Crippen LogP contribution in [0.5, 0.6) is 11.5 Å². The summed E-state index contributed by atoms with van der Waals surface area (Å²) >= 11 is 0. The van der Waals surface area contributed by atoms with E-state index in [1.807, 2.05) is 52.0 Å². The second-order valence-electron chi connectivity index (χ2n) is 8.30. The number of ether oxygens (including phenoxy) is 1. The zero-order valence-electron chi connectivity index (χ0n) is 19.5. The second-order valence-corrected chi connectivity index (χ2v) is 8.30. The maximum Gasteiger partial charge on any atom is 0.341 e. The van der Waals surface area contributed by atoms with Crippen LogP contribution in [0.1, 0.15) is 22.3 Å². The molecule has 2 N–H and O–H groups in total. The Bertz CT molecular complexity index is 1330. The van der Waals surface area contributed by atoms with Crippen molar-refractivity contribution in [3.63, 3.8) is 0 Å². The first-order chi connectivity index (χ1) is 16.2. The molecule has 0 atom stereocenters. The number of phenolic OH excluding ortho intramolecular Hbond substituents is 1. The number of carboxylic acids is 1. The number of aromatic hydroxyl groups is 1. The minimum Gasteiger partial charge on any atom is -0.507 e. The minimum absolute atomic E-state index is 0.118. The molecule has 0 saturated heterocycles. The smallest absolute Gasteiger partial charge is 0.341 e. The standard InChI is InChI=1S/C27H25N3O4/c1-15-5-8-20(17(3)11-15)25-28-26(21-9-6-16(2)12-18(21)4)30-27(29-25)22-10-7-19(13-23(22)31)34-14-24(32)33/h5-13,31H,14H2,1-4H3,(H,32,33). The molecule has 7 nitrogen and oxygen atoms in total. The van der Waals surface area contributed by atoms with Crippen molar-refractivity contribution in [1.29, 1.82) is 0 Å². The molecule has 4 rings (SSSR count). The lowest BCUT2D eigenvalue weighted by Crippen LogP contribution is -2.09. The molecule has 1 heterocycles. The number of hydrogen-bond donors (Lipinski definition) is 2. The summed E-state index contributed by atoms with van der Waals surface area (Å²) in [5, 5.41) is 19.5. The maximum atomic E-state index is 10.8. The lowest BCUT2D eigenvalue weighted by atomic mass is 10.0. The van der Waals surface area contributed by atoms with Crippen molar-refractivity contribution in [2.45, 2.75) is 27.7 Å². The van der Waals surface area contributed by atoms with Gasteiger partial charge in [0.15, 0.2) is 24.1 Å². The Morgan fingerprint density at radius 3 is 1.65 bits per heavy atom. The van der Waals surface area contributed by atoms with Gasteiger partial charge in [0.1, 0.15) is 11.5 Å². The Balaban J connectivity index is 1.88. The molecule has 0 saturated carbocycles. The third-order valence-corrected chi connectivity index (χ3v) is 5.45. The Morgan fingerprint density at radius 1 is 0.735 bits per heavy atom. The van der Waals surface area contributed by atoms with Crippen molar-refractivity contribution < 1.29 is 19.7 Å². The van der Waals surface area contributed by atoms with Crippen LogP contribution in [0.25, 0.3) is 34.2 Å². The lowest BCUT2D eigenvalue weighted by Gasteiger charge is -2.13. The van der Waals surface area contributed by atoms with Gasteiger partial charge >= 0.3 is 5.97 Å². The average Bonchev–Trinajstić information content (AvgIpc) is 2.77. The summed E-state index contributed by atoms with van der Waals surface area (Å²) in [6.07, 6.45) is 0. The van der Waals surface area contributed by atoms with Crippen molar-refractivity contribution in [2.24, 2.45) is 0 Å². The van der Waals surface area contributed by atoms with Gasteiger partial charge in [-0.25, -0.2) is 19.7 Å². The fraction of sp³-hybridized carbons (Fsp3) is 0.185. The number of benzene rings is 3. The van der Waals surface area contributed by atoms with E-state index in [2.05, 4.69) is 22.1 Å². The number of rotatable bonds is 6. The van der Waals surface area contributed by atoms with Gasteiger partial charge in [-0.15, -0.1) is 0 Å². The van der Waals surface area contributed by atoms with E-state index in [0.717, 1.165) is 33.4 Å². The molecule has 0 aliphatic rings. The van der Waals surface area contributed by atoms with Gasteiger partial charge in [-0.05, 0) is 51.0 Å². The Kier molecular flexibility index (Phi) is 6.27. The number of aliphatic carboxylic acids is 1. The SMILES string of the molecule is Cc1ccc(-c2nc(-c3ccc(C)cc3C)nc(-c3ccc(OCC(=O)O)cc3O)n2)c(C)c1. The van der Waals surface area contributed by atoms with E-state index in [9.17, 15) is 9.90 Å². The molecule has 172 valence electrons. The summed E-state index contributed by atoms with van der Waals surface area (Å²) in [6.45, 7) is 7.58. The molecule has 0 aliphatic heterocycles. The van der Waals surface area contributed by atoms with Crippen LogP contribution in [0.3, 0.4) is 0 Å². The van der Waals surface area contributed by atoms with Gasteiger partial charge in [-0.1, -0.05) is 47.5 Å². The highest BCUT2D eigenvalue weighted by Gasteiger charge is 2.17. The molecule has 0 spiro atoms. The van der Waals surface area contributed by atoms with Crippen LogP contribution >= 0.6 is 0 Å². The van der Waals surface area contributed by atoms with E-state index in [0.29, 0.717) is 23.0 Å². The predicted octanol–water partition coefficient (Wildman–Crippen LogP) is 5.28. The molecule has 0 amide bonds. The Morgan fingerprint density at radius 2 is 1.21 bits per heavy atom. The summed E-state index contributed by atoms with van der Waals surface area (Å²) in [6, 6.07) is 16.7. The number of aromatic nitrogens is 3. The first-order valence-corrected chi connectivity index (χ1v) is 10.8. The van der Waals surface area contributed by atoms with Crippen molar-refractivity contribution in [2.75, 3.05) is 6.61 Å². The van der Waals surface area contributed by atoms with Gasteiger partial charge < -0.3 is 14.9 Å². The van der Waals surface area contributed by atoms with E-state index >= 15 is 0 Å². The van der Waals surface area contributed by atoms with Crippen LogP contribution in [0.2, 0.25) is 0 Å². The Labute approximate surface area is 197 Å². The van der Waals surface area contributed by atoms with Gasteiger partial charge in [-0.2, -0.15) is 0 Å². The highest BCUT2D eigenvalue weighted by Crippen LogP contribution is 2.34. The summed E-state index contributed by atoms with van der Waals surface area (Å²) < 4.78 is 5.17. The third-order valence-electron chi connectivity index (χ3n) is 5.45. The number of aryl methyl sites for hydroxylation is 4. The number of nitrogens with zero attached hydrogens (tertiary/aromatic N) is 3. The van der Waals surface area contributed by atoms with Crippen LogP contribution in [0, 0.1) is 27.7 Å². The van der Waals surface area contributed by atoms with Gasteiger partial charge in [0, 0.05) is 17.2 Å². The number of phenols is 1. The summed E-state index contributed by atoms with van der Waals surface area (Å²) in [7, 11) is 0.